The molecule has 0 radical (unpaired) electrons. The van der Waals surface area contributed by atoms with Crippen molar-refractivity contribution in [3.63, 3.8) is 0 Å². The standard InChI is InChI=1S/C28H25N3O2/c1-33-27(32)28(20-22-12-16-29-17-13-22,21-23-14-18-30-19-15-23)31-26(24-8-4-2-5-9-24)25-10-6-3-7-11-25/h2-19H,20-21H2,1H3. The molecule has 0 aliphatic rings. The summed E-state index contributed by atoms with van der Waals surface area (Å²) in [5.41, 5.74) is 3.33. The molecule has 0 spiro atoms. The Morgan fingerprint density at radius 1 is 0.727 bits per heavy atom. The maximum atomic E-state index is 13.5. The highest BCUT2D eigenvalue weighted by molar-refractivity contribution is 6.13. The minimum absolute atomic E-state index is 0.369. The van der Waals surface area contributed by atoms with Gasteiger partial charge in [-0.2, -0.15) is 0 Å². The minimum atomic E-state index is -1.18. The molecule has 2 aromatic carbocycles. The number of methoxy groups -OCH3 is 1. The van der Waals surface area contributed by atoms with Gasteiger partial charge in [0.2, 0.25) is 0 Å². The summed E-state index contributed by atoms with van der Waals surface area (Å²) < 4.78 is 5.36. The maximum absolute atomic E-state index is 13.5. The van der Waals surface area contributed by atoms with Crippen molar-refractivity contribution >= 4 is 11.7 Å². The number of rotatable bonds is 8. The summed E-state index contributed by atoms with van der Waals surface area (Å²) in [7, 11) is 1.41. The average Bonchev–Trinajstić information content (AvgIpc) is 2.89. The topological polar surface area (TPSA) is 64.4 Å². The SMILES string of the molecule is COC(=O)C(Cc1ccncc1)(Cc1ccncc1)N=C(c1ccccc1)c1ccccc1. The number of carbonyl (C=O) groups is 1. The molecule has 164 valence electrons. The summed E-state index contributed by atoms with van der Waals surface area (Å²) in [6.07, 6.45) is 7.64. The Bertz CT molecular complexity index is 1110. The van der Waals surface area contributed by atoms with Crippen molar-refractivity contribution in [2.75, 3.05) is 7.11 Å². The fraction of sp³-hybridized carbons (Fsp3) is 0.143. The van der Waals surface area contributed by atoms with Crippen LogP contribution in [0.2, 0.25) is 0 Å². The fourth-order valence-corrected chi connectivity index (χ4v) is 3.90. The van der Waals surface area contributed by atoms with Crippen molar-refractivity contribution in [1.29, 1.82) is 0 Å². The first kappa shape index (κ1) is 22.1. The first-order valence-corrected chi connectivity index (χ1v) is 10.8. The first-order valence-electron chi connectivity index (χ1n) is 10.8. The van der Waals surface area contributed by atoms with Gasteiger partial charge >= 0.3 is 5.97 Å². The van der Waals surface area contributed by atoms with E-state index in [-0.39, 0.29) is 5.97 Å². The van der Waals surface area contributed by atoms with Gasteiger partial charge in [0.05, 0.1) is 12.8 Å². The molecule has 4 rings (SSSR count). The van der Waals surface area contributed by atoms with Gasteiger partial charge in [-0.25, -0.2) is 4.79 Å². The van der Waals surface area contributed by atoms with Crippen molar-refractivity contribution < 1.29 is 9.53 Å². The first-order chi connectivity index (χ1) is 16.2. The molecule has 0 aliphatic heterocycles. The van der Waals surface area contributed by atoms with Crippen molar-refractivity contribution in [3.8, 4) is 0 Å². The molecule has 0 aliphatic carbocycles. The van der Waals surface area contributed by atoms with Crippen LogP contribution >= 0.6 is 0 Å². The van der Waals surface area contributed by atoms with Gasteiger partial charge in [0.15, 0.2) is 5.54 Å². The number of nitrogens with zero attached hydrogens (tertiary/aromatic N) is 3. The number of aliphatic imine (C=N–C) groups is 1. The highest BCUT2D eigenvalue weighted by Gasteiger charge is 2.40. The number of hydrogen-bond donors (Lipinski definition) is 0. The van der Waals surface area contributed by atoms with Gasteiger partial charge in [-0.05, 0) is 35.4 Å². The quantitative estimate of drug-likeness (QED) is 0.297. The summed E-state index contributed by atoms with van der Waals surface area (Å²) in [4.78, 5) is 26.9. The Morgan fingerprint density at radius 3 is 1.55 bits per heavy atom. The van der Waals surface area contributed by atoms with Crippen LogP contribution in [0.1, 0.15) is 22.3 Å². The van der Waals surface area contributed by atoms with Gasteiger partial charge in [0, 0.05) is 48.8 Å². The van der Waals surface area contributed by atoms with E-state index >= 15 is 0 Å². The molecule has 5 nitrogen and oxygen atoms in total. The van der Waals surface area contributed by atoms with E-state index in [1.54, 1.807) is 24.8 Å². The molecule has 0 amide bonds. The number of pyridine rings is 2. The maximum Gasteiger partial charge on any atom is 0.334 e. The van der Waals surface area contributed by atoms with Gasteiger partial charge in [-0.15, -0.1) is 0 Å². The Kier molecular flexibility index (Phi) is 7.00. The third-order valence-corrected chi connectivity index (χ3v) is 5.48. The lowest BCUT2D eigenvalue weighted by Gasteiger charge is -2.29. The number of ether oxygens (including phenoxy) is 1. The second-order valence-electron chi connectivity index (χ2n) is 7.78. The lowest BCUT2D eigenvalue weighted by Crippen LogP contribution is -2.43. The highest BCUT2D eigenvalue weighted by Crippen LogP contribution is 2.28. The van der Waals surface area contributed by atoms with Crippen molar-refractivity contribution in [1.82, 2.24) is 9.97 Å². The Balaban J connectivity index is 1.94. The highest BCUT2D eigenvalue weighted by atomic mass is 16.5. The van der Waals surface area contributed by atoms with E-state index in [1.807, 2.05) is 84.9 Å². The summed E-state index contributed by atoms with van der Waals surface area (Å²) in [6.45, 7) is 0. The molecule has 2 heterocycles. The smallest absolute Gasteiger partial charge is 0.334 e. The fourth-order valence-electron chi connectivity index (χ4n) is 3.90. The molecule has 0 saturated heterocycles. The van der Waals surface area contributed by atoms with E-state index in [4.69, 9.17) is 9.73 Å². The van der Waals surface area contributed by atoms with Crippen molar-refractivity contribution in [2.24, 2.45) is 4.99 Å². The van der Waals surface area contributed by atoms with Gasteiger partial charge < -0.3 is 4.74 Å². The minimum Gasteiger partial charge on any atom is -0.467 e. The predicted octanol–water partition coefficient (Wildman–Crippen LogP) is 4.71. The van der Waals surface area contributed by atoms with E-state index in [0.717, 1.165) is 28.0 Å². The van der Waals surface area contributed by atoms with E-state index in [9.17, 15) is 4.79 Å². The Morgan fingerprint density at radius 2 is 1.15 bits per heavy atom. The third kappa shape index (κ3) is 5.39. The molecule has 0 N–H and O–H groups in total. The summed E-state index contributed by atoms with van der Waals surface area (Å²) in [5.74, 6) is -0.388. The second-order valence-corrected chi connectivity index (χ2v) is 7.78. The lowest BCUT2D eigenvalue weighted by atomic mass is 9.84. The number of hydrogen-bond acceptors (Lipinski definition) is 5. The normalized spacial score (nSPS) is 10.9. The van der Waals surface area contributed by atoms with E-state index in [2.05, 4.69) is 9.97 Å². The Hall–Kier alpha value is -4.12. The predicted molar refractivity (Wildman–Crippen MR) is 129 cm³/mol. The van der Waals surface area contributed by atoms with Gasteiger partial charge in [0.25, 0.3) is 0 Å². The molecular weight excluding hydrogens is 410 g/mol. The van der Waals surface area contributed by atoms with Crippen LogP contribution in [0.25, 0.3) is 0 Å². The summed E-state index contributed by atoms with van der Waals surface area (Å²) in [5, 5.41) is 0. The molecule has 33 heavy (non-hydrogen) atoms. The average molecular weight is 436 g/mol. The van der Waals surface area contributed by atoms with Gasteiger partial charge in [-0.1, -0.05) is 60.7 Å². The van der Waals surface area contributed by atoms with Crippen LogP contribution in [0.5, 0.6) is 0 Å². The lowest BCUT2D eigenvalue weighted by molar-refractivity contribution is -0.146. The second kappa shape index (κ2) is 10.5. The zero-order valence-corrected chi connectivity index (χ0v) is 18.5. The van der Waals surface area contributed by atoms with Crippen LogP contribution in [-0.2, 0) is 22.4 Å². The molecular formula is C28H25N3O2. The summed E-state index contributed by atoms with van der Waals surface area (Å²) in [6, 6.07) is 27.5. The van der Waals surface area contributed by atoms with Crippen LogP contribution in [0.15, 0.2) is 115 Å². The van der Waals surface area contributed by atoms with E-state index in [0.29, 0.717) is 12.8 Å². The number of benzene rings is 2. The molecule has 5 heteroatoms. The van der Waals surface area contributed by atoms with Crippen LogP contribution < -0.4 is 0 Å². The largest absolute Gasteiger partial charge is 0.467 e. The number of carbonyl (C=O) groups excluding carboxylic acids is 1. The van der Waals surface area contributed by atoms with Gasteiger partial charge in [0.1, 0.15) is 0 Å². The molecule has 0 bridgehead atoms. The van der Waals surface area contributed by atoms with E-state index < -0.39 is 5.54 Å². The molecule has 4 aromatic rings. The zero-order chi connectivity index (χ0) is 22.9. The zero-order valence-electron chi connectivity index (χ0n) is 18.5. The van der Waals surface area contributed by atoms with Crippen LogP contribution in [0.4, 0.5) is 0 Å². The molecule has 0 saturated carbocycles. The van der Waals surface area contributed by atoms with Gasteiger partial charge in [-0.3, -0.25) is 15.0 Å². The Labute approximate surface area is 193 Å². The number of aromatic nitrogens is 2. The third-order valence-electron chi connectivity index (χ3n) is 5.48. The molecule has 0 unspecified atom stereocenters. The summed E-state index contributed by atoms with van der Waals surface area (Å²) >= 11 is 0. The van der Waals surface area contributed by atoms with Crippen LogP contribution in [-0.4, -0.2) is 34.3 Å². The van der Waals surface area contributed by atoms with E-state index in [1.165, 1.54) is 7.11 Å². The van der Waals surface area contributed by atoms with Crippen molar-refractivity contribution in [2.45, 2.75) is 18.4 Å². The van der Waals surface area contributed by atoms with Crippen LogP contribution in [0, 0.1) is 0 Å². The molecule has 0 fully saturated rings. The number of esters is 1. The monoisotopic (exact) mass is 435 g/mol. The van der Waals surface area contributed by atoms with Crippen molar-refractivity contribution in [3.05, 3.63) is 132 Å². The molecule has 0 atom stereocenters. The van der Waals surface area contributed by atoms with Crippen LogP contribution in [0.3, 0.4) is 0 Å². The molecule has 2 aromatic heterocycles.